The molecule has 0 aromatic heterocycles. The molecule has 7 heteroatoms. The van der Waals surface area contributed by atoms with Gasteiger partial charge in [-0.1, -0.05) is 6.07 Å². The van der Waals surface area contributed by atoms with E-state index in [4.69, 9.17) is 14.8 Å². The van der Waals surface area contributed by atoms with Crippen LogP contribution >= 0.6 is 0 Å². The zero-order valence-corrected chi connectivity index (χ0v) is 10.1. The summed E-state index contributed by atoms with van der Waals surface area (Å²) < 4.78 is 40.4. The van der Waals surface area contributed by atoms with Crippen LogP contribution in [0.1, 0.15) is 0 Å². The summed E-state index contributed by atoms with van der Waals surface area (Å²) in [6.45, 7) is 0. The van der Waals surface area contributed by atoms with Crippen molar-refractivity contribution in [1.82, 2.24) is 0 Å². The second-order valence-electron chi connectivity index (χ2n) is 3.40. The van der Waals surface area contributed by atoms with Crippen molar-refractivity contribution in [2.75, 3.05) is 5.73 Å². The van der Waals surface area contributed by atoms with Crippen molar-refractivity contribution in [3.63, 3.8) is 0 Å². The van der Waals surface area contributed by atoms with Gasteiger partial charge < -0.3 is 14.8 Å². The molecular weight excluding hydrogens is 262 g/mol. The second kappa shape index (κ2) is 4.53. The van der Waals surface area contributed by atoms with Gasteiger partial charge in [-0.15, -0.1) is 0 Å². The first-order chi connectivity index (χ1) is 7.99. The Labute approximate surface area is 102 Å². The van der Waals surface area contributed by atoms with Gasteiger partial charge in [0, 0.05) is 11.1 Å². The van der Waals surface area contributed by atoms with Crippen LogP contribution < -0.4 is 5.73 Å². The standard InChI is InChI=1S/C10H9NO4S2/c11-7-2-1-6-3-8(16(12)13)5-10(17(14)15)9(6)4-7/h1-5H,11H2,(H,12,13)(H,14,15). The fourth-order valence-corrected chi connectivity index (χ4v) is 2.67. The monoisotopic (exact) mass is 271 g/mol. The van der Waals surface area contributed by atoms with Gasteiger partial charge in [-0.3, -0.25) is 0 Å². The van der Waals surface area contributed by atoms with Crippen LogP contribution in [0.5, 0.6) is 0 Å². The highest BCUT2D eigenvalue weighted by atomic mass is 32.2. The first kappa shape index (κ1) is 12.2. The van der Waals surface area contributed by atoms with Crippen molar-refractivity contribution >= 4 is 38.6 Å². The molecule has 4 N–H and O–H groups in total. The van der Waals surface area contributed by atoms with Crippen LogP contribution in [-0.2, 0) is 22.2 Å². The molecule has 0 aliphatic heterocycles. The highest BCUT2D eigenvalue weighted by molar-refractivity contribution is 7.80. The van der Waals surface area contributed by atoms with Crippen LogP contribution in [0.15, 0.2) is 40.1 Å². The van der Waals surface area contributed by atoms with Gasteiger partial charge in [-0.2, -0.15) is 0 Å². The Morgan fingerprint density at radius 1 is 1.00 bits per heavy atom. The normalized spacial score (nSPS) is 14.7. The van der Waals surface area contributed by atoms with Crippen LogP contribution in [0.4, 0.5) is 5.69 Å². The molecule has 0 saturated carbocycles. The molecule has 2 aromatic rings. The molecule has 5 nitrogen and oxygen atoms in total. The molecule has 90 valence electrons. The van der Waals surface area contributed by atoms with Gasteiger partial charge in [-0.05, 0) is 29.7 Å². The van der Waals surface area contributed by atoms with E-state index < -0.39 is 22.2 Å². The maximum absolute atomic E-state index is 11.2. The molecule has 2 unspecified atom stereocenters. The lowest BCUT2D eigenvalue weighted by molar-refractivity contribution is 0.562. The number of nitrogens with two attached hydrogens (primary N) is 1. The average molecular weight is 271 g/mol. The van der Waals surface area contributed by atoms with E-state index in [1.807, 2.05) is 0 Å². The van der Waals surface area contributed by atoms with Crippen molar-refractivity contribution < 1.29 is 17.5 Å². The third-order valence-corrected chi connectivity index (χ3v) is 3.66. The van der Waals surface area contributed by atoms with Gasteiger partial charge in [0.15, 0.2) is 22.2 Å². The number of rotatable bonds is 2. The third-order valence-electron chi connectivity index (χ3n) is 2.30. The Morgan fingerprint density at radius 2 is 1.71 bits per heavy atom. The molecule has 0 aliphatic carbocycles. The fourth-order valence-electron chi connectivity index (χ4n) is 1.56. The zero-order chi connectivity index (χ0) is 12.6. The molecule has 0 amide bonds. The number of hydrogen-bond donors (Lipinski definition) is 3. The van der Waals surface area contributed by atoms with E-state index in [0.29, 0.717) is 16.5 Å². The topological polar surface area (TPSA) is 101 Å². The highest BCUT2D eigenvalue weighted by Gasteiger charge is 2.11. The molecule has 0 fully saturated rings. The van der Waals surface area contributed by atoms with Gasteiger partial charge in [0.25, 0.3) is 0 Å². The lowest BCUT2D eigenvalue weighted by Crippen LogP contribution is -1.96. The van der Waals surface area contributed by atoms with Gasteiger partial charge in [0.05, 0.1) is 9.79 Å². The quantitative estimate of drug-likeness (QED) is 0.568. The first-order valence-electron chi connectivity index (χ1n) is 4.54. The fraction of sp³-hybridized carbons (Fsp3) is 0. The minimum Gasteiger partial charge on any atom is -0.399 e. The Hall–Kier alpha value is -1.28. The van der Waals surface area contributed by atoms with Crippen molar-refractivity contribution in [1.29, 1.82) is 0 Å². The Morgan fingerprint density at radius 3 is 2.29 bits per heavy atom. The summed E-state index contributed by atoms with van der Waals surface area (Å²) >= 11 is -4.43. The number of nitrogen functional groups attached to an aromatic ring is 1. The number of anilines is 1. The number of benzene rings is 2. The molecule has 2 aromatic carbocycles. The maximum atomic E-state index is 11.2. The maximum Gasteiger partial charge on any atom is 0.187 e. The van der Waals surface area contributed by atoms with Crippen molar-refractivity contribution in [3.05, 3.63) is 30.3 Å². The van der Waals surface area contributed by atoms with Crippen LogP contribution in [-0.4, -0.2) is 17.5 Å². The summed E-state index contributed by atoms with van der Waals surface area (Å²) in [5.41, 5.74) is 6.06. The Balaban J connectivity index is 2.86. The smallest absolute Gasteiger partial charge is 0.187 e. The highest BCUT2D eigenvalue weighted by Crippen LogP contribution is 2.26. The summed E-state index contributed by atoms with van der Waals surface area (Å²) in [4.78, 5) is 0.159. The van der Waals surface area contributed by atoms with E-state index in [-0.39, 0.29) is 9.79 Å². The first-order valence-corrected chi connectivity index (χ1v) is 6.75. The lowest BCUT2D eigenvalue weighted by Gasteiger charge is -2.06. The minimum atomic E-state index is -2.24. The van der Waals surface area contributed by atoms with Crippen LogP contribution in [0.25, 0.3) is 10.8 Å². The molecule has 2 atom stereocenters. The van der Waals surface area contributed by atoms with Crippen LogP contribution in [0, 0.1) is 0 Å². The summed E-state index contributed by atoms with van der Waals surface area (Å²) in [7, 11) is 0. The largest absolute Gasteiger partial charge is 0.399 e. The van der Waals surface area contributed by atoms with E-state index >= 15 is 0 Å². The molecule has 17 heavy (non-hydrogen) atoms. The van der Waals surface area contributed by atoms with Crippen molar-refractivity contribution in [2.24, 2.45) is 0 Å². The molecule has 0 spiro atoms. The van der Waals surface area contributed by atoms with Gasteiger partial charge >= 0.3 is 0 Å². The van der Waals surface area contributed by atoms with Crippen molar-refractivity contribution in [2.45, 2.75) is 9.79 Å². The van der Waals surface area contributed by atoms with E-state index in [0.717, 1.165) is 0 Å². The van der Waals surface area contributed by atoms with Crippen molar-refractivity contribution in [3.8, 4) is 0 Å². The Bertz CT molecular complexity index is 641. The van der Waals surface area contributed by atoms with E-state index in [2.05, 4.69) is 0 Å². The molecule has 0 bridgehead atoms. The summed E-state index contributed by atoms with van der Waals surface area (Å²) in [5, 5.41) is 1.09. The molecule has 0 radical (unpaired) electrons. The average Bonchev–Trinajstić information content (AvgIpc) is 2.27. The number of hydrogen-bond acceptors (Lipinski definition) is 3. The van der Waals surface area contributed by atoms with Crippen LogP contribution in [0.3, 0.4) is 0 Å². The summed E-state index contributed by atoms with van der Waals surface area (Å²) in [6, 6.07) is 7.53. The van der Waals surface area contributed by atoms with E-state index in [9.17, 15) is 8.42 Å². The predicted molar refractivity (Wildman–Crippen MR) is 66.4 cm³/mol. The molecular formula is C10H9NO4S2. The molecule has 0 aliphatic rings. The summed E-state index contributed by atoms with van der Waals surface area (Å²) in [6.07, 6.45) is 0. The minimum absolute atomic E-state index is 0.0761. The van der Waals surface area contributed by atoms with Gasteiger partial charge in [-0.25, -0.2) is 8.42 Å². The predicted octanol–water partition coefficient (Wildman–Crippen LogP) is 1.58. The third kappa shape index (κ3) is 2.37. The molecule has 0 heterocycles. The van der Waals surface area contributed by atoms with E-state index in [1.54, 1.807) is 18.2 Å². The Kier molecular flexibility index (Phi) is 3.25. The zero-order valence-electron chi connectivity index (χ0n) is 8.49. The summed E-state index contributed by atoms with van der Waals surface area (Å²) in [5.74, 6) is 0. The number of fused-ring (bicyclic) bond motifs is 1. The lowest BCUT2D eigenvalue weighted by atomic mass is 10.1. The second-order valence-corrected chi connectivity index (χ2v) is 5.31. The van der Waals surface area contributed by atoms with Gasteiger partial charge in [0.1, 0.15) is 0 Å². The SMILES string of the molecule is Nc1ccc2cc(S(=O)O)cc(S(=O)O)c2c1. The van der Waals surface area contributed by atoms with Crippen LogP contribution in [0.2, 0.25) is 0 Å². The molecule has 0 saturated heterocycles. The van der Waals surface area contributed by atoms with Gasteiger partial charge in [0.2, 0.25) is 0 Å². The molecule has 2 rings (SSSR count). The van der Waals surface area contributed by atoms with E-state index in [1.165, 1.54) is 12.1 Å².